The third-order valence-electron chi connectivity index (χ3n) is 6.81. The summed E-state index contributed by atoms with van der Waals surface area (Å²) in [5.74, 6) is -1.36. The van der Waals surface area contributed by atoms with E-state index in [0.29, 0.717) is 34.5 Å². The van der Waals surface area contributed by atoms with Crippen LogP contribution in [0.2, 0.25) is 0 Å². The second kappa shape index (κ2) is 15.4. The van der Waals surface area contributed by atoms with Crippen molar-refractivity contribution in [3.8, 4) is 0 Å². The fraction of sp³-hybridized carbons (Fsp3) is 0.306. The quantitative estimate of drug-likeness (QED) is 0.0635. The van der Waals surface area contributed by atoms with Crippen molar-refractivity contribution >= 4 is 52.1 Å². The first-order valence-electron chi connectivity index (χ1n) is 15.3. The Hall–Kier alpha value is -5.49. The molecule has 0 spiro atoms. The van der Waals surface area contributed by atoms with Crippen molar-refractivity contribution in [3.63, 3.8) is 0 Å². The Bertz CT molecular complexity index is 1800. The second-order valence-corrected chi connectivity index (χ2v) is 13.1. The molecule has 0 bridgehead atoms. The third kappa shape index (κ3) is 11.1. The van der Waals surface area contributed by atoms with E-state index in [-0.39, 0.29) is 11.7 Å². The summed E-state index contributed by atoms with van der Waals surface area (Å²) in [6.45, 7) is 8.55. The summed E-state index contributed by atoms with van der Waals surface area (Å²) in [6, 6.07) is 22.9. The maximum Gasteiger partial charge on any atom is 0.412 e. The number of rotatable bonds is 8. The Morgan fingerprint density at radius 1 is 0.875 bits per heavy atom. The number of fused-ring (bicyclic) bond motifs is 1. The van der Waals surface area contributed by atoms with Gasteiger partial charge in [0.1, 0.15) is 22.8 Å². The lowest BCUT2D eigenvalue weighted by atomic mass is 10.1. The number of nitrogen functional groups attached to an aromatic ring is 1. The normalized spacial score (nSPS) is 11.2. The van der Waals surface area contributed by atoms with E-state index in [1.165, 1.54) is 19.5 Å². The van der Waals surface area contributed by atoms with E-state index in [2.05, 4.69) is 48.6 Å². The summed E-state index contributed by atoms with van der Waals surface area (Å²) >= 11 is 0. The van der Waals surface area contributed by atoms with E-state index in [0.717, 1.165) is 22.0 Å². The number of nitrogens with zero attached hydrogens (tertiary/aromatic N) is 2. The number of amides is 2. The van der Waals surface area contributed by atoms with Gasteiger partial charge in [0.15, 0.2) is 0 Å². The molecular formula is C36H45N6O6+. The lowest BCUT2D eigenvalue weighted by Gasteiger charge is -2.23. The molecule has 1 aromatic heterocycles. The molecule has 4 aromatic rings. The highest BCUT2D eigenvalue weighted by Gasteiger charge is 2.19. The zero-order valence-corrected chi connectivity index (χ0v) is 28.8. The number of hydrogen-bond donors (Lipinski definition) is 4. The molecule has 0 atom stereocenters. The number of esters is 2. The number of quaternary nitrogens is 1. The van der Waals surface area contributed by atoms with Crippen LogP contribution < -0.4 is 20.9 Å². The minimum absolute atomic E-state index is 0.0173. The number of amidine groups is 1. The van der Waals surface area contributed by atoms with Crippen LogP contribution in [0, 0.1) is 5.41 Å². The molecule has 0 saturated heterocycles. The number of anilines is 1. The largest absolute Gasteiger partial charge is 0.444 e. The van der Waals surface area contributed by atoms with Gasteiger partial charge < -0.3 is 25.1 Å². The van der Waals surface area contributed by atoms with Crippen LogP contribution in [-0.4, -0.2) is 61.1 Å². The van der Waals surface area contributed by atoms with Gasteiger partial charge in [-0.15, -0.1) is 0 Å². The molecule has 0 saturated carbocycles. The average molecular weight is 658 g/mol. The van der Waals surface area contributed by atoms with Crippen LogP contribution >= 0.6 is 0 Å². The molecule has 0 aliphatic heterocycles. The highest BCUT2D eigenvalue weighted by Crippen LogP contribution is 2.26. The zero-order valence-electron chi connectivity index (χ0n) is 28.8. The highest BCUT2D eigenvalue weighted by molar-refractivity contribution is 6.00. The van der Waals surface area contributed by atoms with Gasteiger partial charge in [0.2, 0.25) is 0 Å². The molecule has 48 heavy (non-hydrogen) atoms. The second-order valence-electron chi connectivity index (χ2n) is 13.1. The predicted octanol–water partition coefficient (Wildman–Crippen LogP) is 5.54. The first kappa shape index (κ1) is 37.0. The topological polar surface area (TPSA) is 166 Å². The van der Waals surface area contributed by atoms with Gasteiger partial charge in [-0.1, -0.05) is 30.3 Å². The molecule has 0 aliphatic carbocycles. The molecule has 5 N–H and O–H groups in total. The van der Waals surface area contributed by atoms with E-state index < -0.39 is 23.6 Å². The van der Waals surface area contributed by atoms with Crippen LogP contribution in [0.3, 0.4) is 0 Å². The number of aromatic nitrogens is 1. The van der Waals surface area contributed by atoms with Gasteiger partial charge in [0, 0.05) is 49.1 Å². The minimum Gasteiger partial charge on any atom is -0.444 e. The molecule has 0 unspecified atom stereocenters. The third-order valence-corrected chi connectivity index (χ3v) is 6.81. The molecule has 3 aromatic carbocycles. The Labute approximate surface area is 280 Å². The molecule has 0 radical (unpaired) electrons. The summed E-state index contributed by atoms with van der Waals surface area (Å²) in [5, 5.41) is 14.4. The van der Waals surface area contributed by atoms with E-state index in [1.54, 1.807) is 32.9 Å². The maximum atomic E-state index is 13.5. The number of carbonyl (C=O) groups is 4. The molecule has 4 rings (SSSR count). The van der Waals surface area contributed by atoms with Crippen LogP contribution in [-0.2, 0) is 32.2 Å². The van der Waals surface area contributed by atoms with E-state index in [1.807, 2.05) is 53.1 Å². The molecule has 2 amide bonds. The molecule has 12 heteroatoms. The Morgan fingerprint density at radius 2 is 1.52 bits per heavy atom. The first-order chi connectivity index (χ1) is 22.3. The van der Waals surface area contributed by atoms with Gasteiger partial charge in [-0.2, -0.15) is 0 Å². The molecule has 0 aliphatic rings. The van der Waals surface area contributed by atoms with Gasteiger partial charge >= 0.3 is 18.0 Å². The molecule has 254 valence electrons. The van der Waals surface area contributed by atoms with Crippen LogP contribution in [0.15, 0.2) is 72.8 Å². The lowest BCUT2D eigenvalue weighted by molar-refractivity contribution is -0.156. The smallest absolute Gasteiger partial charge is 0.412 e. The zero-order chi connectivity index (χ0) is 35.8. The molecule has 0 fully saturated rings. The summed E-state index contributed by atoms with van der Waals surface area (Å²) in [7, 11) is 6.32. The van der Waals surface area contributed by atoms with Crippen molar-refractivity contribution in [2.24, 2.45) is 5.73 Å². The SMILES string of the molecule is CC(=O)OC(C)=O.CC(C)(C)OC(=O)Nc1ccc2c(c1)cc(C(=O)NCc1ccc([N+](C)(C)C)cc1)n2Cc1cccc(C(=N)N)c1. The first-order valence-corrected chi connectivity index (χ1v) is 15.3. The number of nitrogens with two attached hydrogens (primary N) is 1. The van der Waals surface area contributed by atoms with Gasteiger partial charge in [0.05, 0.1) is 21.1 Å². The number of carbonyl (C=O) groups excluding carboxylic acids is 4. The van der Waals surface area contributed by atoms with Crippen molar-refractivity contribution < 1.29 is 28.7 Å². The van der Waals surface area contributed by atoms with E-state index in [4.69, 9.17) is 15.9 Å². The Kier molecular flexibility index (Phi) is 11.9. The predicted molar refractivity (Wildman–Crippen MR) is 188 cm³/mol. The highest BCUT2D eigenvalue weighted by atomic mass is 16.6. The van der Waals surface area contributed by atoms with Crippen molar-refractivity contribution in [2.45, 2.75) is 53.3 Å². The van der Waals surface area contributed by atoms with Crippen molar-refractivity contribution in [1.29, 1.82) is 5.41 Å². The summed E-state index contributed by atoms with van der Waals surface area (Å²) in [6.07, 6.45) is -0.549. The van der Waals surface area contributed by atoms with Crippen molar-refractivity contribution in [1.82, 2.24) is 14.4 Å². The van der Waals surface area contributed by atoms with Crippen LogP contribution in [0.4, 0.5) is 16.2 Å². The van der Waals surface area contributed by atoms with Crippen LogP contribution in [0.25, 0.3) is 10.9 Å². The van der Waals surface area contributed by atoms with Gasteiger partial charge in [-0.05, 0) is 74.4 Å². The van der Waals surface area contributed by atoms with Gasteiger partial charge in [-0.3, -0.25) is 29.6 Å². The average Bonchev–Trinajstić information content (AvgIpc) is 3.31. The Balaban J connectivity index is 0.000000804. The van der Waals surface area contributed by atoms with E-state index >= 15 is 0 Å². The summed E-state index contributed by atoms with van der Waals surface area (Å²) in [4.78, 5) is 45.5. The minimum atomic E-state index is -0.622. The number of benzene rings is 3. The monoisotopic (exact) mass is 657 g/mol. The van der Waals surface area contributed by atoms with Crippen molar-refractivity contribution in [2.75, 3.05) is 26.5 Å². The maximum absolute atomic E-state index is 13.5. The fourth-order valence-corrected chi connectivity index (χ4v) is 4.68. The number of ether oxygens (including phenoxy) is 2. The van der Waals surface area contributed by atoms with Crippen LogP contribution in [0.1, 0.15) is 61.8 Å². The summed E-state index contributed by atoms with van der Waals surface area (Å²) in [5.41, 5.74) is 10.6. The Morgan fingerprint density at radius 3 is 2.06 bits per heavy atom. The number of hydrogen-bond acceptors (Lipinski definition) is 7. The van der Waals surface area contributed by atoms with E-state index in [9.17, 15) is 19.2 Å². The summed E-state index contributed by atoms with van der Waals surface area (Å²) < 4.78 is 12.0. The lowest BCUT2D eigenvalue weighted by Crippen LogP contribution is -2.34. The van der Waals surface area contributed by atoms with Crippen molar-refractivity contribution in [3.05, 3.63) is 95.2 Å². The van der Waals surface area contributed by atoms with Gasteiger partial charge in [-0.25, -0.2) is 4.79 Å². The van der Waals surface area contributed by atoms with Crippen LogP contribution in [0.5, 0.6) is 0 Å². The standard InChI is InChI=1S/C32H38N6O3.C4H6O3/c1-32(2,3)41-31(40)36-25-12-15-27-24(17-25)18-28(37(27)20-22-8-7-9-23(16-22)29(33)34)30(39)35-19-21-10-13-26(14-11-21)38(4,5)6;1-3(5)7-4(2)6/h7-18H,19-20H2,1-6H3,(H4-,33,34,35,36,39,40);1-2H3/p+1. The molecular weight excluding hydrogens is 612 g/mol. The molecule has 12 nitrogen and oxygen atoms in total. The fourth-order valence-electron chi connectivity index (χ4n) is 4.68. The van der Waals surface area contributed by atoms with Gasteiger partial charge in [0.25, 0.3) is 5.91 Å². The number of nitrogens with one attached hydrogen (secondary N) is 3. The molecule has 1 heterocycles.